The van der Waals surface area contributed by atoms with Gasteiger partial charge >= 0.3 is 6.03 Å². The molecule has 1 unspecified atom stereocenters. The molecule has 0 aliphatic heterocycles. The lowest BCUT2D eigenvalue weighted by Crippen LogP contribution is -2.47. The SMILES string of the molecule is CC(Sc1nnc(COc2ccccc2Cl)n1C)C(=O)NC(=O)NC1CCCCC1. The van der Waals surface area contributed by atoms with E-state index in [4.69, 9.17) is 16.3 Å². The molecule has 0 radical (unpaired) electrons. The van der Waals surface area contributed by atoms with Crippen LogP contribution < -0.4 is 15.4 Å². The fourth-order valence-corrected chi connectivity index (χ4v) is 4.19. The third-order valence-electron chi connectivity index (χ3n) is 4.95. The van der Waals surface area contributed by atoms with Gasteiger partial charge < -0.3 is 14.6 Å². The Morgan fingerprint density at radius 1 is 1.27 bits per heavy atom. The van der Waals surface area contributed by atoms with Gasteiger partial charge in [-0.2, -0.15) is 0 Å². The lowest BCUT2D eigenvalue weighted by molar-refractivity contribution is -0.119. The van der Waals surface area contributed by atoms with E-state index in [0.717, 1.165) is 25.7 Å². The lowest BCUT2D eigenvalue weighted by atomic mass is 9.96. The summed E-state index contributed by atoms with van der Waals surface area (Å²) >= 11 is 7.32. The number of amides is 3. The summed E-state index contributed by atoms with van der Waals surface area (Å²) in [5, 5.41) is 14.1. The molecule has 3 rings (SSSR count). The number of nitrogens with zero attached hydrogens (tertiary/aromatic N) is 3. The number of para-hydroxylation sites is 1. The number of nitrogens with one attached hydrogen (secondary N) is 2. The average molecular weight is 452 g/mol. The first-order chi connectivity index (χ1) is 14.4. The second-order valence-electron chi connectivity index (χ2n) is 7.23. The van der Waals surface area contributed by atoms with Gasteiger partial charge in [-0.25, -0.2) is 4.79 Å². The summed E-state index contributed by atoms with van der Waals surface area (Å²) in [4.78, 5) is 24.5. The molecule has 2 N–H and O–H groups in total. The molecule has 0 spiro atoms. The molecule has 0 bridgehead atoms. The fourth-order valence-electron chi connectivity index (χ4n) is 3.17. The molecule has 30 heavy (non-hydrogen) atoms. The van der Waals surface area contributed by atoms with Crippen molar-refractivity contribution in [2.24, 2.45) is 7.05 Å². The van der Waals surface area contributed by atoms with Crippen molar-refractivity contribution in [3.63, 3.8) is 0 Å². The minimum atomic E-state index is -0.512. The maximum Gasteiger partial charge on any atom is 0.321 e. The maximum absolute atomic E-state index is 12.4. The Hall–Kier alpha value is -2.26. The molecule has 8 nitrogen and oxygen atoms in total. The van der Waals surface area contributed by atoms with Crippen LogP contribution in [-0.2, 0) is 18.4 Å². The molecule has 10 heteroatoms. The van der Waals surface area contributed by atoms with Crippen molar-refractivity contribution in [1.82, 2.24) is 25.4 Å². The van der Waals surface area contributed by atoms with Crippen LogP contribution in [0.2, 0.25) is 5.02 Å². The summed E-state index contributed by atoms with van der Waals surface area (Å²) in [5.41, 5.74) is 0. The summed E-state index contributed by atoms with van der Waals surface area (Å²) in [5.74, 6) is 0.790. The number of carbonyl (C=O) groups is 2. The van der Waals surface area contributed by atoms with E-state index in [2.05, 4.69) is 20.8 Å². The topological polar surface area (TPSA) is 98.1 Å². The molecule has 1 aliphatic rings. The predicted octanol–water partition coefficient (Wildman–Crippen LogP) is 3.69. The zero-order chi connectivity index (χ0) is 21.5. The van der Waals surface area contributed by atoms with Gasteiger partial charge in [0.05, 0.1) is 10.3 Å². The van der Waals surface area contributed by atoms with Crippen molar-refractivity contribution in [3.05, 3.63) is 35.1 Å². The predicted molar refractivity (Wildman–Crippen MR) is 116 cm³/mol. The van der Waals surface area contributed by atoms with Crippen molar-refractivity contribution >= 4 is 35.3 Å². The second-order valence-corrected chi connectivity index (χ2v) is 8.95. The van der Waals surface area contributed by atoms with Gasteiger partial charge in [-0.05, 0) is 31.9 Å². The van der Waals surface area contributed by atoms with Gasteiger partial charge in [-0.15, -0.1) is 10.2 Å². The van der Waals surface area contributed by atoms with E-state index in [-0.39, 0.29) is 18.6 Å². The Labute approximate surface area is 185 Å². The van der Waals surface area contributed by atoms with Gasteiger partial charge in [0.15, 0.2) is 11.0 Å². The van der Waals surface area contributed by atoms with Gasteiger partial charge in [0.1, 0.15) is 12.4 Å². The number of imide groups is 1. The van der Waals surface area contributed by atoms with E-state index in [1.165, 1.54) is 18.2 Å². The molecule has 1 aromatic carbocycles. The molecule has 1 aromatic heterocycles. The van der Waals surface area contributed by atoms with E-state index in [0.29, 0.717) is 21.8 Å². The van der Waals surface area contributed by atoms with E-state index in [1.807, 2.05) is 12.1 Å². The number of urea groups is 1. The summed E-state index contributed by atoms with van der Waals surface area (Å²) < 4.78 is 7.45. The summed E-state index contributed by atoms with van der Waals surface area (Å²) in [6.07, 6.45) is 5.35. The first-order valence-electron chi connectivity index (χ1n) is 9.97. The number of rotatable bonds is 7. The van der Waals surface area contributed by atoms with Crippen LogP contribution >= 0.6 is 23.4 Å². The van der Waals surface area contributed by atoms with E-state index < -0.39 is 11.3 Å². The minimum Gasteiger partial charge on any atom is -0.484 e. The van der Waals surface area contributed by atoms with Gasteiger partial charge in [0.25, 0.3) is 0 Å². The lowest BCUT2D eigenvalue weighted by Gasteiger charge is -2.23. The number of benzene rings is 1. The molecule has 1 heterocycles. The van der Waals surface area contributed by atoms with Crippen molar-refractivity contribution in [1.29, 1.82) is 0 Å². The highest BCUT2D eigenvalue weighted by Gasteiger charge is 2.22. The average Bonchev–Trinajstić information content (AvgIpc) is 3.07. The number of thioether (sulfide) groups is 1. The van der Waals surface area contributed by atoms with E-state index in [9.17, 15) is 9.59 Å². The molecule has 1 saturated carbocycles. The highest BCUT2D eigenvalue weighted by atomic mass is 35.5. The second kappa shape index (κ2) is 10.7. The van der Waals surface area contributed by atoms with Crippen molar-refractivity contribution in [3.8, 4) is 5.75 Å². The summed E-state index contributed by atoms with van der Waals surface area (Å²) in [6, 6.07) is 6.90. The maximum atomic E-state index is 12.4. The van der Waals surface area contributed by atoms with Gasteiger partial charge in [0, 0.05) is 13.1 Å². The standard InChI is InChI=1S/C20H26ClN5O3S/c1-13(18(27)23-19(28)22-14-8-4-3-5-9-14)30-20-25-24-17(26(20)2)12-29-16-11-7-6-10-15(16)21/h6-7,10-11,13-14H,3-5,8-9,12H2,1-2H3,(H2,22,23,27,28). The van der Waals surface area contributed by atoms with Crippen LogP contribution in [0.15, 0.2) is 29.4 Å². The smallest absolute Gasteiger partial charge is 0.321 e. The van der Waals surface area contributed by atoms with Crippen LogP contribution in [0.3, 0.4) is 0 Å². The molecule has 2 aromatic rings. The zero-order valence-corrected chi connectivity index (χ0v) is 18.6. The first-order valence-corrected chi connectivity index (χ1v) is 11.2. The Balaban J connectivity index is 1.49. The molecule has 3 amide bonds. The van der Waals surface area contributed by atoms with Crippen molar-refractivity contribution in [2.45, 2.75) is 62.1 Å². The molecular weight excluding hydrogens is 426 g/mol. The van der Waals surface area contributed by atoms with Crippen molar-refractivity contribution < 1.29 is 14.3 Å². The van der Waals surface area contributed by atoms with Gasteiger partial charge in [0.2, 0.25) is 5.91 Å². The van der Waals surface area contributed by atoms with Gasteiger partial charge in [-0.1, -0.05) is 54.8 Å². The molecule has 162 valence electrons. The number of ether oxygens (including phenoxy) is 1. The molecule has 1 aliphatic carbocycles. The number of hydrogen-bond donors (Lipinski definition) is 2. The monoisotopic (exact) mass is 451 g/mol. The Kier molecular flexibility index (Phi) is 7.98. The van der Waals surface area contributed by atoms with E-state index >= 15 is 0 Å². The number of aromatic nitrogens is 3. The molecule has 0 saturated heterocycles. The number of halogens is 1. The van der Waals surface area contributed by atoms with Crippen LogP contribution in [0.4, 0.5) is 4.79 Å². The van der Waals surface area contributed by atoms with Crippen LogP contribution in [0.25, 0.3) is 0 Å². The zero-order valence-electron chi connectivity index (χ0n) is 17.1. The third kappa shape index (κ3) is 6.12. The fraction of sp³-hybridized carbons (Fsp3) is 0.500. The number of carbonyl (C=O) groups excluding carboxylic acids is 2. The van der Waals surface area contributed by atoms with E-state index in [1.54, 1.807) is 30.7 Å². The highest BCUT2D eigenvalue weighted by Crippen LogP contribution is 2.25. The first kappa shape index (κ1) is 22.4. The van der Waals surface area contributed by atoms with Crippen LogP contribution in [0.5, 0.6) is 5.75 Å². The molecule has 1 fully saturated rings. The van der Waals surface area contributed by atoms with Crippen LogP contribution in [0.1, 0.15) is 44.9 Å². The number of hydrogen-bond acceptors (Lipinski definition) is 6. The normalized spacial score (nSPS) is 15.4. The Bertz CT molecular complexity index is 885. The third-order valence-corrected chi connectivity index (χ3v) is 6.39. The Morgan fingerprint density at radius 3 is 2.73 bits per heavy atom. The Morgan fingerprint density at radius 2 is 2.00 bits per heavy atom. The molecule has 1 atom stereocenters. The summed E-state index contributed by atoms with van der Waals surface area (Å²) in [6.45, 7) is 1.92. The van der Waals surface area contributed by atoms with Gasteiger partial charge in [-0.3, -0.25) is 10.1 Å². The molecular formula is C20H26ClN5O3S. The van der Waals surface area contributed by atoms with Crippen LogP contribution in [0, 0.1) is 0 Å². The largest absolute Gasteiger partial charge is 0.484 e. The summed E-state index contributed by atoms with van der Waals surface area (Å²) in [7, 11) is 1.80. The minimum absolute atomic E-state index is 0.147. The highest BCUT2D eigenvalue weighted by molar-refractivity contribution is 8.00. The quantitative estimate of drug-likeness (QED) is 0.623. The van der Waals surface area contributed by atoms with Crippen molar-refractivity contribution in [2.75, 3.05) is 0 Å². The van der Waals surface area contributed by atoms with Crippen LogP contribution in [-0.4, -0.2) is 38.0 Å².